The molecule has 0 radical (unpaired) electrons. The summed E-state index contributed by atoms with van der Waals surface area (Å²) in [6.07, 6.45) is 0.0545. The van der Waals surface area contributed by atoms with Crippen LogP contribution in [-0.2, 0) is 9.59 Å². The lowest BCUT2D eigenvalue weighted by Gasteiger charge is -2.15. The fraction of sp³-hybridized carbons (Fsp3) is 0.263. The molecule has 0 saturated heterocycles. The Labute approximate surface area is 147 Å². The van der Waals surface area contributed by atoms with Gasteiger partial charge < -0.3 is 20.7 Å². The topological polar surface area (TPSA) is 79.5 Å². The summed E-state index contributed by atoms with van der Waals surface area (Å²) in [6.45, 7) is 5.47. The minimum Gasteiger partial charge on any atom is -0.489 e. The molecule has 0 aromatic heterocycles. The summed E-state index contributed by atoms with van der Waals surface area (Å²) in [5.74, 6) is 0.403. The van der Waals surface area contributed by atoms with Gasteiger partial charge in [0.05, 0.1) is 18.3 Å². The van der Waals surface area contributed by atoms with Gasteiger partial charge in [-0.1, -0.05) is 12.1 Å². The second-order valence-electron chi connectivity index (χ2n) is 5.82. The first kappa shape index (κ1) is 18.3. The molecule has 2 aromatic carbocycles. The summed E-state index contributed by atoms with van der Waals surface area (Å²) in [6, 6.07) is 14.4. The zero-order valence-electron chi connectivity index (χ0n) is 14.6. The van der Waals surface area contributed by atoms with Crippen molar-refractivity contribution in [2.24, 2.45) is 0 Å². The molecule has 0 aliphatic heterocycles. The molecular formula is C19H23N3O3. The van der Waals surface area contributed by atoms with Crippen molar-refractivity contribution >= 4 is 28.9 Å². The first-order valence-electron chi connectivity index (χ1n) is 8.11. The van der Waals surface area contributed by atoms with E-state index in [0.717, 1.165) is 5.69 Å². The Hall–Kier alpha value is -3.02. The van der Waals surface area contributed by atoms with Crippen LogP contribution in [0.5, 0.6) is 5.75 Å². The Bertz CT molecular complexity index is 727. The number of ether oxygens (including phenoxy) is 1. The maximum Gasteiger partial charge on any atom is 0.243 e. The number of carbonyl (C=O) groups is 2. The molecule has 0 bridgehead atoms. The molecule has 2 amide bonds. The zero-order valence-corrected chi connectivity index (χ0v) is 14.6. The lowest BCUT2D eigenvalue weighted by Crippen LogP contribution is -2.22. The summed E-state index contributed by atoms with van der Waals surface area (Å²) < 4.78 is 5.71. The van der Waals surface area contributed by atoms with Gasteiger partial charge in [-0.05, 0) is 50.2 Å². The van der Waals surface area contributed by atoms with E-state index in [1.54, 1.807) is 24.3 Å². The summed E-state index contributed by atoms with van der Waals surface area (Å²) in [7, 11) is 0. The van der Waals surface area contributed by atoms with E-state index in [1.165, 1.54) is 6.92 Å². The van der Waals surface area contributed by atoms with Gasteiger partial charge in [-0.2, -0.15) is 0 Å². The monoisotopic (exact) mass is 341 g/mol. The number of benzene rings is 2. The normalized spacial score (nSPS) is 10.2. The van der Waals surface area contributed by atoms with Crippen molar-refractivity contribution in [3.8, 4) is 5.75 Å². The molecule has 6 nitrogen and oxygen atoms in total. The highest BCUT2D eigenvalue weighted by molar-refractivity contribution is 5.94. The van der Waals surface area contributed by atoms with Crippen molar-refractivity contribution in [3.63, 3.8) is 0 Å². The van der Waals surface area contributed by atoms with E-state index in [4.69, 9.17) is 4.74 Å². The Morgan fingerprint density at radius 3 is 2.16 bits per heavy atom. The van der Waals surface area contributed by atoms with E-state index in [1.807, 2.05) is 38.1 Å². The number of para-hydroxylation sites is 2. The molecule has 0 atom stereocenters. The van der Waals surface area contributed by atoms with Crippen molar-refractivity contribution in [2.45, 2.75) is 26.9 Å². The molecule has 2 rings (SSSR count). The van der Waals surface area contributed by atoms with Crippen LogP contribution in [-0.4, -0.2) is 24.5 Å². The molecule has 0 aliphatic carbocycles. The maximum atomic E-state index is 12.1. The molecule has 0 aliphatic rings. The number of amides is 2. The minimum absolute atomic E-state index is 0.0545. The Morgan fingerprint density at radius 2 is 1.56 bits per heavy atom. The lowest BCUT2D eigenvalue weighted by atomic mass is 10.2. The Kier molecular flexibility index (Phi) is 6.39. The molecule has 0 fully saturated rings. The van der Waals surface area contributed by atoms with E-state index in [-0.39, 0.29) is 24.5 Å². The van der Waals surface area contributed by atoms with E-state index in [0.29, 0.717) is 17.1 Å². The number of hydrogen-bond donors (Lipinski definition) is 3. The van der Waals surface area contributed by atoms with Crippen molar-refractivity contribution in [3.05, 3.63) is 48.5 Å². The smallest absolute Gasteiger partial charge is 0.243 e. The SMILES string of the molecule is CC(=O)Nc1ccc(NC(=O)CNc2ccccc2OC(C)C)cc1. The van der Waals surface area contributed by atoms with Gasteiger partial charge in [0.2, 0.25) is 11.8 Å². The number of rotatable bonds is 7. The van der Waals surface area contributed by atoms with Gasteiger partial charge in [-0.3, -0.25) is 9.59 Å². The van der Waals surface area contributed by atoms with Gasteiger partial charge in [0.15, 0.2) is 0 Å². The van der Waals surface area contributed by atoms with Gasteiger partial charge in [0.25, 0.3) is 0 Å². The Balaban J connectivity index is 1.90. The standard InChI is InChI=1S/C19H23N3O3/c1-13(2)25-18-7-5-4-6-17(18)20-12-19(24)22-16-10-8-15(9-11-16)21-14(3)23/h4-11,13,20H,12H2,1-3H3,(H,21,23)(H,22,24). The highest BCUT2D eigenvalue weighted by atomic mass is 16.5. The van der Waals surface area contributed by atoms with E-state index in [2.05, 4.69) is 16.0 Å². The predicted molar refractivity (Wildman–Crippen MR) is 100 cm³/mol. The molecule has 3 N–H and O–H groups in total. The second kappa shape index (κ2) is 8.73. The van der Waals surface area contributed by atoms with Gasteiger partial charge in [-0.15, -0.1) is 0 Å². The molecule has 0 spiro atoms. The number of anilines is 3. The fourth-order valence-corrected chi connectivity index (χ4v) is 2.19. The van der Waals surface area contributed by atoms with Crippen LogP contribution in [0.15, 0.2) is 48.5 Å². The third-order valence-corrected chi connectivity index (χ3v) is 3.18. The van der Waals surface area contributed by atoms with Crippen LogP contribution in [0.3, 0.4) is 0 Å². The van der Waals surface area contributed by atoms with Crippen LogP contribution in [0.25, 0.3) is 0 Å². The summed E-state index contributed by atoms with van der Waals surface area (Å²) in [5, 5.41) is 8.56. The molecule has 0 heterocycles. The average Bonchev–Trinajstić information content (AvgIpc) is 2.55. The second-order valence-corrected chi connectivity index (χ2v) is 5.82. The van der Waals surface area contributed by atoms with Crippen molar-refractivity contribution in [1.82, 2.24) is 0 Å². The molecule has 2 aromatic rings. The quantitative estimate of drug-likeness (QED) is 0.720. The highest BCUT2D eigenvalue weighted by Crippen LogP contribution is 2.24. The van der Waals surface area contributed by atoms with Crippen LogP contribution in [0.4, 0.5) is 17.1 Å². The van der Waals surface area contributed by atoms with Crippen molar-refractivity contribution < 1.29 is 14.3 Å². The minimum atomic E-state index is -0.174. The number of nitrogens with one attached hydrogen (secondary N) is 3. The van der Waals surface area contributed by atoms with Crippen LogP contribution in [0.1, 0.15) is 20.8 Å². The van der Waals surface area contributed by atoms with Crippen molar-refractivity contribution in [1.29, 1.82) is 0 Å². The van der Waals surface area contributed by atoms with Gasteiger partial charge in [-0.25, -0.2) is 0 Å². The largest absolute Gasteiger partial charge is 0.489 e. The van der Waals surface area contributed by atoms with Gasteiger partial charge in [0.1, 0.15) is 5.75 Å². The third-order valence-electron chi connectivity index (χ3n) is 3.18. The molecule has 0 unspecified atom stereocenters. The van der Waals surface area contributed by atoms with E-state index in [9.17, 15) is 9.59 Å². The predicted octanol–water partition coefficient (Wildman–Crippen LogP) is 3.48. The highest BCUT2D eigenvalue weighted by Gasteiger charge is 2.07. The average molecular weight is 341 g/mol. The molecule has 25 heavy (non-hydrogen) atoms. The van der Waals surface area contributed by atoms with Crippen LogP contribution in [0, 0.1) is 0 Å². The van der Waals surface area contributed by atoms with E-state index >= 15 is 0 Å². The summed E-state index contributed by atoms with van der Waals surface area (Å²) in [5.41, 5.74) is 2.11. The summed E-state index contributed by atoms with van der Waals surface area (Å²) >= 11 is 0. The molecule has 0 saturated carbocycles. The molecule has 6 heteroatoms. The number of carbonyl (C=O) groups excluding carboxylic acids is 2. The first-order valence-corrected chi connectivity index (χ1v) is 8.11. The maximum absolute atomic E-state index is 12.1. The van der Waals surface area contributed by atoms with Crippen molar-refractivity contribution in [2.75, 3.05) is 22.5 Å². The number of hydrogen-bond acceptors (Lipinski definition) is 4. The van der Waals surface area contributed by atoms with Crippen LogP contribution < -0.4 is 20.7 Å². The third kappa shape index (κ3) is 6.18. The van der Waals surface area contributed by atoms with Gasteiger partial charge in [0, 0.05) is 18.3 Å². The summed E-state index contributed by atoms with van der Waals surface area (Å²) in [4.78, 5) is 23.1. The lowest BCUT2D eigenvalue weighted by molar-refractivity contribution is -0.115. The van der Waals surface area contributed by atoms with Crippen LogP contribution in [0.2, 0.25) is 0 Å². The van der Waals surface area contributed by atoms with Gasteiger partial charge >= 0.3 is 0 Å². The first-order chi connectivity index (χ1) is 11.9. The molecular weight excluding hydrogens is 318 g/mol. The van der Waals surface area contributed by atoms with E-state index < -0.39 is 0 Å². The Morgan fingerprint density at radius 1 is 0.960 bits per heavy atom. The molecule has 132 valence electrons. The zero-order chi connectivity index (χ0) is 18.2. The van der Waals surface area contributed by atoms with Crippen LogP contribution >= 0.6 is 0 Å². The fourth-order valence-electron chi connectivity index (χ4n) is 2.19.